The first-order valence-corrected chi connectivity index (χ1v) is 6.46. The van der Waals surface area contributed by atoms with Crippen LogP contribution in [0.25, 0.3) is 11.3 Å². The van der Waals surface area contributed by atoms with E-state index >= 15 is 0 Å². The van der Waals surface area contributed by atoms with Crippen LogP contribution in [0.2, 0.25) is 0 Å². The van der Waals surface area contributed by atoms with Crippen LogP contribution in [0, 0.1) is 10.1 Å². The number of aryl methyl sites for hydroxylation is 1. The van der Waals surface area contributed by atoms with Gasteiger partial charge in [0, 0.05) is 43.3 Å². The molecule has 0 radical (unpaired) electrons. The van der Waals surface area contributed by atoms with E-state index in [9.17, 15) is 10.1 Å². The van der Waals surface area contributed by atoms with Gasteiger partial charge in [-0.05, 0) is 24.3 Å². The fraction of sp³-hybridized carbons (Fsp3) is 0.357. The van der Waals surface area contributed by atoms with Crippen LogP contribution < -0.4 is 40.0 Å². The van der Waals surface area contributed by atoms with E-state index < -0.39 is 5.54 Å². The van der Waals surface area contributed by atoms with Crippen molar-refractivity contribution >= 4 is 5.69 Å². The Morgan fingerprint density at radius 1 is 1.39 bits per heavy atom. The Morgan fingerprint density at radius 3 is 2.57 bits per heavy atom. The maximum atomic E-state index is 11.0. The molecule has 0 saturated heterocycles. The summed E-state index contributed by atoms with van der Waals surface area (Å²) in [6.45, 7) is 3.01. The number of anilines is 1. The van der Waals surface area contributed by atoms with Crippen molar-refractivity contribution in [2.24, 2.45) is 7.05 Å². The number of ether oxygens (including phenoxy) is 1. The molecule has 0 aliphatic carbocycles. The zero-order chi connectivity index (χ0) is 15.6. The minimum Gasteiger partial charge on any atom is -0.870 e. The van der Waals surface area contributed by atoms with Gasteiger partial charge in [-0.3, -0.25) is 14.8 Å². The van der Waals surface area contributed by atoms with Gasteiger partial charge in [0.05, 0.1) is 5.69 Å². The third-order valence-electron chi connectivity index (χ3n) is 3.18. The molecule has 0 bridgehead atoms. The van der Waals surface area contributed by atoms with Gasteiger partial charge in [-0.25, -0.2) is 0 Å². The normalized spacial score (nSPS) is 10.4. The van der Waals surface area contributed by atoms with Crippen LogP contribution in [0.5, 0.6) is 5.75 Å². The van der Waals surface area contributed by atoms with Gasteiger partial charge < -0.3 is 15.9 Å². The second-order valence-corrected chi connectivity index (χ2v) is 5.45. The summed E-state index contributed by atoms with van der Waals surface area (Å²) in [7, 11) is 1.81. The molecule has 0 amide bonds. The Hall–Kier alpha value is -1.61. The molecular weight excluding hydrogens is 311 g/mol. The quantitative estimate of drug-likeness (QED) is 0.322. The number of aromatic nitrogens is 2. The van der Waals surface area contributed by atoms with Gasteiger partial charge in [0.15, 0.2) is 6.61 Å². The fourth-order valence-corrected chi connectivity index (χ4v) is 1.82. The Bertz CT molecular complexity index is 673. The summed E-state index contributed by atoms with van der Waals surface area (Å²) in [6, 6.07) is 7.02. The Labute approximate surface area is 156 Å². The van der Waals surface area contributed by atoms with Crippen LogP contribution in [-0.2, 0) is 7.05 Å². The predicted octanol–water partition coefficient (Wildman–Crippen LogP) is -1.07. The van der Waals surface area contributed by atoms with Crippen molar-refractivity contribution in [3.8, 4) is 17.0 Å². The largest absolute Gasteiger partial charge is 1.00 e. The minimum absolute atomic E-state index is 0. The van der Waals surface area contributed by atoms with E-state index in [1.807, 2.05) is 13.1 Å². The molecule has 1 heterocycles. The average molecular weight is 330 g/mol. The van der Waals surface area contributed by atoms with Crippen molar-refractivity contribution in [2.75, 3.05) is 12.3 Å². The number of hydrogen-bond donors (Lipinski definition) is 1. The van der Waals surface area contributed by atoms with E-state index in [2.05, 4.69) is 5.10 Å². The zero-order valence-corrected chi connectivity index (χ0v) is 15.7. The molecule has 0 aliphatic rings. The first-order chi connectivity index (χ1) is 9.81. The average Bonchev–Trinajstić information content (AvgIpc) is 2.83. The van der Waals surface area contributed by atoms with Gasteiger partial charge in [-0.2, -0.15) is 5.10 Å². The van der Waals surface area contributed by atoms with Gasteiger partial charge in [0.1, 0.15) is 5.75 Å². The number of benzene rings is 1. The summed E-state index contributed by atoms with van der Waals surface area (Å²) in [4.78, 5) is 10.6. The number of nitrogens with two attached hydrogens (primary N) is 1. The smallest absolute Gasteiger partial charge is 0.870 e. The van der Waals surface area contributed by atoms with Crippen molar-refractivity contribution in [2.45, 2.75) is 19.4 Å². The molecule has 120 valence electrons. The number of nitrogens with zero attached hydrogens (tertiary/aromatic N) is 3. The van der Waals surface area contributed by atoms with E-state index in [0.717, 1.165) is 11.3 Å². The van der Waals surface area contributed by atoms with E-state index in [0.29, 0.717) is 11.4 Å². The Kier molecular flexibility index (Phi) is 7.72. The van der Waals surface area contributed by atoms with Crippen molar-refractivity contribution < 1.29 is 44.7 Å². The molecule has 8 nitrogen and oxygen atoms in total. The van der Waals surface area contributed by atoms with Crippen molar-refractivity contribution in [3.63, 3.8) is 0 Å². The van der Waals surface area contributed by atoms with Gasteiger partial charge in [-0.15, -0.1) is 0 Å². The van der Waals surface area contributed by atoms with Crippen LogP contribution in [0.4, 0.5) is 5.69 Å². The summed E-state index contributed by atoms with van der Waals surface area (Å²) >= 11 is 0. The summed E-state index contributed by atoms with van der Waals surface area (Å²) in [5, 5.41) is 15.1. The molecule has 2 rings (SSSR count). The molecule has 0 saturated carbocycles. The molecule has 9 heteroatoms. The first-order valence-electron chi connectivity index (χ1n) is 6.46. The molecule has 1 aromatic heterocycles. The van der Waals surface area contributed by atoms with Crippen LogP contribution in [0.1, 0.15) is 13.8 Å². The second-order valence-electron chi connectivity index (χ2n) is 5.45. The van der Waals surface area contributed by atoms with Crippen molar-refractivity contribution in [3.05, 3.63) is 40.6 Å². The number of hydrogen-bond acceptors (Lipinski definition) is 6. The van der Waals surface area contributed by atoms with E-state index in [1.165, 1.54) is 13.8 Å². The van der Waals surface area contributed by atoms with Crippen LogP contribution in [-0.4, -0.2) is 32.3 Å². The molecule has 0 fully saturated rings. The summed E-state index contributed by atoms with van der Waals surface area (Å²) in [5.74, 6) is 0.544. The first kappa shape index (κ1) is 21.4. The topological polar surface area (TPSA) is 126 Å². The van der Waals surface area contributed by atoms with Gasteiger partial charge in [0.25, 0.3) is 0 Å². The van der Waals surface area contributed by atoms with Crippen LogP contribution in [0.3, 0.4) is 0 Å². The van der Waals surface area contributed by atoms with Crippen LogP contribution in [0.15, 0.2) is 30.5 Å². The van der Waals surface area contributed by atoms with Gasteiger partial charge in [-0.1, -0.05) is 0 Å². The minimum atomic E-state index is -1.16. The second kappa shape index (κ2) is 8.30. The Morgan fingerprint density at radius 2 is 2.04 bits per heavy atom. The van der Waals surface area contributed by atoms with Crippen LogP contribution >= 0.6 is 0 Å². The molecule has 2 aromatic rings. The summed E-state index contributed by atoms with van der Waals surface area (Å²) in [6.07, 6.45) is 1.67. The molecule has 1 aromatic carbocycles. The molecule has 3 N–H and O–H groups in total. The van der Waals surface area contributed by atoms with Crippen molar-refractivity contribution in [1.82, 2.24) is 9.78 Å². The summed E-state index contributed by atoms with van der Waals surface area (Å²) in [5.41, 5.74) is 6.84. The third kappa shape index (κ3) is 4.93. The maximum absolute atomic E-state index is 11.0. The third-order valence-corrected chi connectivity index (χ3v) is 3.18. The summed E-state index contributed by atoms with van der Waals surface area (Å²) < 4.78 is 7.35. The van der Waals surface area contributed by atoms with E-state index in [1.54, 1.807) is 29.1 Å². The fourth-order valence-electron chi connectivity index (χ4n) is 1.82. The maximum Gasteiger partial charge on any atom is 1.00 e. The zero-order valence-electron chi connectivity index (χ0n) is 13.7. The number of nitrogen functional groups attached to an aromatic ring is 1. The Balaban J connectivity index is 0.00000242. The van der Waals surface area contributed by atoms with Gasteiger partial charge >= 0.3 is 29.6 Å². The van der Waals surface area contributed by atoms with Gasteiger partial charge in [0.2, 0.25) is 5.54 Å². The monoisotopic (exact) mass is 330 g/mol. The molecule has 0 atom stereocenters. The molecule has 0 unspecified atom stereocenters. The molecule has 0 aliphatic heterocycles. The number of rotatable bonds is 5. The molecule has 0 spiro atoms. The van der Waals surface area contributed by atoms with E-state index in [4.69, 9.17) is 10.5 Å². The number of nitro groups is 1. The van der Waals surface area contributed by atoms with E-state index in [-0.39, 0.29) is 46.6 Å². The standard InChI is InChI=1S/C14H18N4O3.Na.H2O/c1-14(2,18(19)20)9-21-13-5-4-10(15)8-11(13)12-6-7-16-17(12)3;;/h4-8H,9,15H2,1-3H3;;1H2/q;+1;/p-1. The SMILES string of the molecule is Cn1nccc1-c1cc(N)ccc1OCC(C)(C)[N+](=O)[O-].[Na+].[OH-]. The molecule has 23 heavy (non-hydrogen) atoms. The van der Waals surface area contributed by atoms with Crippen molar-refractivity contribution in [1.29, 1.82) is 0 Å². The predicted molar refractivity (Wildman–Crippen MR) is 81.6 cm³/mol. The molecular formula is C14H19N4NaO4.